The number of amides is 1. The van der Waals surface area contributed by atoms with Crippen molar-refractivity contribution in [2.24, 2.45) is 0 Å². The summed E-state index contributed by atoms with van der Waals surface area (Å²) in [5, 5.41) is 9.23. The number of benzene rings is 1. The molecular weight excluding hydrogens is 358 g/mol. The Kier molecular flexibility index (Phi) is 4.90. The number of carboxylic acid groups (broad SMARTS) is 1. The van der Waals surface area contributed by atoms with Crippen LogP contribution in [0.1, 0.15) is 45.5 Å². The summed E-state index contributed by atoms with van der Waals surface area (Å²) in [6.07, 6.45) is 4.86. The summed E-state index contributed by atoms with van der Waals surface area (Å²) in [6, 6.07) is 6.99. The maximum atomic E-state index is 12.7. The third-order valence-corrected chi connectivity index (χ3v) is 5.30. The average Bonchev–Trinajstić information content (AvgIpc) is 2.72. The number of hydrogen-bond acceptors (Lipinski definition) is 5. The number of nitrogens with zero attached hydrogens (tertiary/aromatic N) is 3. The zero-order chi connectivity index (χ0) is 19.7. The zero-order valence-electron chi connectivity index (χ0n) is 15.9. The van der Waals surface area contributed by atoms with E-state index in [1.54, 1.807) is 31.3 Å². The van der Waals surface area contributed by atoms with Crippen molar-refractivity contribution in [3.8, 4) is 5.75 Å². The molecule has 4 rings (SSSR count). The fourth-order valence-corrected chi connectivity index (χ4v) is 3.80. The molecule has 0 saturated carbocycles. The van der Waals surface area contributed by atoms with Crippen LogP contribution in [0.25, 0.3) is 0 Å². The second-order valence-corrected chi connectivity index (χ2v) is 7.20. The van der Waals surface area contributed by atoms with E-state index < -0.39 is 5.97 Å². The molecule has 0 unspecified atom stereocenters. The van der Waals surface area contributed by atoms with Gasteiger partial charge >= 0.3 is 5.97 Å². The number of piperidine rings is 1. The van der Waals surface area contributed by atoms with E-state index in [-0.39, 0.29) is 11.5 Å². The molecule has 1 N–H and O–H groups in total. The molecular formula is C21H23N3O4. The highest BCUT2D eigenvalue weighted by Crippen LogP contribution is 2.36. The van der Waals surface area contributed by atoms with Crippen LogP contribution in [0.5, 0.6) is 5.75 Å². The molecule has 2 aromatic rings. The number of carboxylic acids is 1. The summed E-state index contributed by atoms with van der Waals surface area (Å²) in [5.74, 6) is 0.279. The van der Waals surface area contributed by atoms with E-state index in [4.69, 9.17) is 4.74 Å². The minimum atomic E-state index is -0.939. The van der Waals surface area contributed by atoms with E-state index in [0.717, 1.165) is 31.6 Å². The Hall–Kier alpha value is -3.09. The second kappa shape index (κ2) is 7.50. The predicted molar refractivity (Wildman–Crippen MR) is 105 cm³/mol. The number of carbonyl (C=O) groups is 2. The molecule has 2 aliphatic heterocycles. The van der Waals surface area contributed by atoms with Crippen LogP contribution in [0, 0.1) is 6.92 Å². The van der Waals surface area contributed by atoms with E-state index in [1.165, 1.54) is 6.42 Å². The summed E-state index contributed by atoms with van der Waals surface area (Å²) < 4.78 is 5.78. The first-order valence-electron chi connectivity index (χ1n) is 9.58. The van der Waals surface area contributed by atoms with Gasteiger partial charge in [-0.25, -0.2) is 9.78 Å². The quantitative estimate of drug-likeness (QED) is 0.879. The summed E-state index contributed by atoms with van der Waals surface area (Å²) in [4.78, 5) is 32.4. The number of aromatic nitrogens is 1. The molecule has 3 heterocycles. The van der Waals surface area contributed by atoms with Crippen molar-refractivity contribution in [1.82, 2.24) is 9.88 Å². The lowest BCUT2D eigenvalue weighted by Crippen LogP contribution is -2.36. The first kappa shape index (κ1) is 18.3. The van der Waals surface area contributed by atoms with Crippen molar-refractivity contribution in [1.29, 1.82) is 0 Å². The van der Waals surface area contributed by atoms with Gasteiger partial charge in [0.15, 0.2) is 11.6 Å². The van der Waals surface area contributed by atoms with Crippen molar-refractivity contribution in [2.75, 3.05) is 31.1 Å². The van der Waals surface area contributed by atoms with Crippen molar-refractivity contribution in [3.63, 3.8) is 0 Å². The molecule has 1 aromatic carbocycles. The van der Waals surface area contributed by atoms with Gasteiger partial charge in [-0.3, -0.25) is 4.79 Å². The first-order chi connectivity index (χ1) is 13.5. The minimum absolute atomic E-state index is 0.00243. The molecule has 0 bridgehead atoms. The Balaban J connectivity index is 1.62. The minimum Gasteiger partial charge on any atom is -0.488 e. The van der Waals surface area contributed by atoms with Gasteiger partial charge in [0, 0.05) is 25.0 Å². The number of rotatable bonds is 3. The van der Waals surface area contributed by atoms with Crippen molar-refractivity contribution in [2.45, 2.75) is 26.2 Å². The van der Waals surface area contributed by atoms with Crippen LogP contribution in [0.4, 0.5) is 11.5 Å². The number of fused-ring (bicyclic) bond motifs is 1. The summed E-state index contributed by atoms with van der Waals surface area (Å²) >= 11 is 0. The maximum absolute atomic E-state index is 12.7. The van der Waals surface area contributed by atoms with Crippen LogP contribution < -0.4 is 9.64 Å². The van der Waals surface area contributed by atoms with Gasteiger partial charge in [0.25, 0.3) is 5.91 Å². The third kappa shape index (κ3) is 3.40. The zero-order valence-corrected chi connectivity index (χ0v) is 15.9. The van der Waals surface area contributed by atoms with E-state index >= 15 is 0 Å². The van der Waals surface area contributed by atoms with Crippen LogP contribution in [0.2, 0.25) is 0 Å². The lowest BCUT2D eigenvalue weighted by molar-refractivity contribution is 0.0693. The predicted octanol–water partition coefficient (Wildman–Crippen LogP) is 3.24. The molecule has 28 heavy (non-hydrogen) atoms. The molecule has 146 valence electrons. The number of hydrogen-bond donors (Lipinski definition) is 1. The second-order valence-electron chi connectivity index (χ2n) is 7.20. The molecule has 0 spiro atoms. The van der Waals surface area contributed by atoms with Gasteiger partial charge in [0.2, 0.25) is 0 Å². The molecule has 1 fully saturated rings. The van der Waals surface area contributed by atoms with Crippen LogP contribution in [-0.2, 0) is 0 Å². The van der Waals surface area contributed by atoms with Gasteiger partial charge < -0.3 is 19.6 Å². The van der Waals surface area contributed by atoms with Crippen LogP contribution in [-0.4, -0.2) is 53.1 Å². The van der Waals surface area contributed by atoms with E-state index in [2.05, 4.69) is 4.98 Å². The molecule has 2 aliphatic rings. The van der Waals surface area contributed by atoms with Gasteiger partial charge in [-0.05, 0) is 56.0 Å². The number of likely N-dealkylation sites (tertiary alicyclic amines) is 1. The van der Waals surface area contributed by atoms with Crippen molar-refractivity contribution in [3.05, 3.63) is 47.2 Å². The molecule has 1 saturated heterocycles. The number of aryl methyl sites for hydroxylation is 1. The molecule has 7 nitrogen and oxygen atoms in total. The Bertz CT molecular complexity index is 922. The van der Waals surface area contributed by atoms with Gasteiger partial charge in [-0.15, -0.1) is 0 Å². The highest BCUT2D eigenvalue weighted by atomic mass is 16.5. The van der Waals surface area contributed by atoms with Gasteiger partial charge in [0.05, 0.1) is 17.7 Å². The fourth-order valence-electron chi connectivity index (χ4n) is 3.80. The van der Waals surface area contributed by atoms with Crippen molar-refractivity contribution >= 4 is 23.4 Å². The van der Waals surface area contributed by atoms with E-state index in [0.29, 0.717) is 35.8 Å². The van der Waals surface area contributed by atoms with Crippen molar-refractivity contribution < 1.29 is 19.4 Å². The Labute approximate surface area is 163 Å². The third-order valence-electron chi connectivity index (χ3n) is 5.30. The van der Waals surface area contributed by atoms with Crippen LogP contribution >= 0.6 is 0 Å². The highest BCUT2D eigenvalue weighted by Gasteiger charge is 2.25. The number of anilines is 2. The van der Waals surface area contributed by atoms with Gasteiger partial charge in [-0.2, -0.15) is 0 Å². The van der Waals surface area contributed by atoms with E-state index in [1.807, 2.05) is 15.9 Å². The Morgan fingerprint density at radius 1 is 1.11 bits per heavy atom. The lowest BCUT2D eigenvalue weighted by atomic mass is 10.1. The molecule has 1 aromatic heterocycles. The van der Waals surface area contributed by atoms with Gasteiger partial charge in [-0.1, -0.05) is 0 Å². The molecule has 0 radical (unpaired) electrons. The largest absolute Gasteiger partial charge is 0.488 e. The molecule has 1 amide bonds. The van der Waals surface area contributed by atoms with Crippen LogP contribution in [0.3, 0.4) is 0 Å². The monoisotopic (exact) mass is 381 g/mol. The summed E-state index contributed by atoms with van der Waals surface area (Å²) in [7, 11) is 0. The van der Waals surface area contributed by atoms with E-state index in [9.17, 15) is 14.7 Å². The Morgan fingerprint density at radius 2 is 1.89 bits per heavy atom. The average molecular weight is 381 g/mol. The molecule has 0 atom stereocenters. The number of carbonyl (C=O) groups excluding carboxylic acids is 1. The maximum Gasteiger partial charge on any atom is 0.335 e. The fraction of sp³-hybridized carbons (Fsp3) is 0.381. The molecule has 7 heteroatoms. The lowest BCUT2D eigenvalue weighted by Gasteiger charge is -2.31. The smallest absolute Gasteiger partial charge is 0.335 e. The molecule has 0 aliphatic carbocycles. The standard InChI is InChI=1S/C21H23N3O4/c1-14-11-16(5-6-17(14)21(26)27)24-9-10-28-18-12-15(13-22-19(18)24)20(25)23-7-3-2-4-8-23/h5-6,11-13H,2-4,7-10H2,1H3,(H,26,27). The first-order valence-corrected chi connectivity index (χ1v) is 9.58. The normalized spacial score (nSPS) is 16.3. The van der Waals surface area contributed by atoms with Gasteiger partial charge in [0.1, 0.15) is 6.61 Å². The Morgan fingerprint density at radius 3 is 2.61 bits per heavy atom. The van der Waals surface area contributed by atoms with Crippen LogP contribution in [0.15, 0.2) is 30.5 Å². The SMILES string of the molecule is Cc1cc(N2CCOc3cc(C(=O)N4CCCCC4)cnc32)ccc1C(=O)O. The summed E-state index contributed by atoms with van der Waals surface area (Å²) in [5.41, 5.74) is 2.37. The number of aromatic carboxylic acids is 1. The number of pyridine rings is 1. The summed E-state index contributed by atoms with van der Waals surface area (Å²) in [6.45, 7) is 4.43. The topological polar surface area (TPSA) is 83.0 Å². The highest BCUT2D eigenvalue weighted by molar-refractivity contribution is 5.95. The number of ether oxygens (including phenoxy) is 1.